The van der Waals surface area contributed by atoms with Gasteiger partial charge in [-0.05, 0) is 35.4 Å². The highest BCUT2D eigenvalue weighted by Crippen LogP contribution is 2.19. The summed E-state index contributed by atoms with van der Waals surface area (Å²) in [6.45, 7) is 0.775. The molecule has 0 fully saturated rings. The second-order valence-corrected chi connectivity index (χ2v) is 5.53. The molecule has 25 heavy (non-hydrogen) atoms. The third-order valence-electron chi connectivity index (χ3n) is 3.58. The predicted octanol–water partition coefficient (Wildman–Crippen LogP) is 4.66. The Hall–Kier alpha value is -2.92. The molecule has 3 aromatic carbocycles. The average Bonchev–Trinajstić information content (AvgIpc) is 2.64. The van der Waals surface area contributed by atoms with Crippen LogP contribution in [0.2, 0.25) is 0 Å². The van der Waals surface area contributed by atoms with Crippen molar-refractivity contribution in [2.45, 2.75) is 13.2 Å². The molecule has 128 valence electrons. The molecular weight excluding hydrogens is 322 g/mol. The van der Waals surface area contributed by atoms with Crippen LogP contribution in [0.15, 0.2) is 72.8 Å². The van der Waals surface area contributed by atoms with Crippen LogP contribution in [0.1, 0.15) is 11.1 Å². The Morgan fingerprint density at radius 3 is 2.44 bits per heavy atom. The zero-order chi connectivity index (χ0) is 17.5. The maximum atomic E-state index is 13.6. The Morgan fingerprint density at radius 1 is 0.800 bits per heavy atom. The van der Waals surface area contributed by atoms with Gasteiger partial charge < -0.3 is 10.2 Å². The molecule has 0 saturated carbocycles. The van der Waals surface area contributed by atoms with Gasteiger partial charge in [-0.1, -0.05) is 42.5 Å². The normalized spacial score (nSPS) is 10.5. The topological polar surface area (TPSA) is 33.3 Å². The van der Waals surface area contributed by atoms with E-state index in [1.165, 1.54) is 0 Å². The molecule has 2 N–H and O–H groups in total. The lowest BCUT2D eigenvalue weighted by Gasteiger charge is -2.11. The zero-order valence-corrected chi connectivity index (χ0v) is 13.5. The van der Waals surface area contributed by atoms with Crippen LogP contribution in [0.3, 0.4) is 0 Å². The van der Waals surface area contributed by atoms with Crippen molar-refractivity contribution in [3.63, 3.8) is 0 Å². The van der Waals surface area contributed by atoms with Crippen LogP contribution in [-0.4, -0.2) is 0 Å². The molecule has 0 heterocycles. The quantitative estimate of drug-likeness (QED) is 0.614. The van der Waals surface area contributed by atoms with Gasteiger partial charge in [0.25, 0.3) is 0 Å². The molecule has 0 amide bonds. The number of benzene rings is 3. The Morgan fingerprint density at radius 2 is 1.60 bits per heavy atom. The first-order valence-corrected chi connectivity index (χ1v) is 7.90. The fourth-order valence-corrected chi connectivity index (χ4v) is 2.35. The number of nitrogens with one attached hydrogen (secondary N) is 2. The molecule has 0 unspecified atom stereocenters. The van der Waals surface area contributed by atoms with Gasteiger partial charge in [0.15, 0.2) is 11.6 Å². The maximum Gasteiger partial charge on any atom is 0.165 e. The molecule has 0 aliphatic heterocycles. The van der Waals surface area contributed by atoms with Crippen LogP contribution in [-0.2, 0) is 13.2 Å². The van der Waals surface area contributed by atoms with Crippen LogP contribution < -0.4 is 15.6 Å². The summed E-state index contributed by atoms with van der Waals surface area (Å²) in [5.74, 6) is -1.19. The summed E-state index contributed by atoms with van der Waals surface area (Å²) in [5, 5.41) is 0. The zero-order valence-electron chi connectivity index (χ0n) is 13.5. The van der Waals surface area contributed by atoms with Gasteiger partial charge in [0.2, 0.25) is 0 Å². The smallest absolute Gasteiger partial charge is 0.165 e. The number of rotatable bonds is 7. The van der Waals surface area contributed by atoms with Gasteiger partial charge in [0, 0.05) is 18.3 Å². The highest BCUT2D eigenvalue weighted by atomic mass is 19.1. The van der Waals surface area contributed by atoms with Crippen LogP contribution in [0.25, 0.3) is 0 Å². The minimum atomic E-state index is -0.578. The lowest BCUT2D eigenvalue weighted by Crippen LogP contribution is -2.20. The highest BCUT2D eigenvalue weighted by molar-refractivity contribution is 5.41. The fraction of sp³-hybridized carbons (Fsp3) is 0.100. The van der Waals surface area contributed by atoms with Crippen LogP contribution in [0, 0.1) is 11.6 Å². The first-order chi connectivity index (χ1) is 12.2. The van der Waals surface area contributed by atoms with Crippen molar-refractivity contribution in [3.8, 4) is 5.75 Å². The Bertz CT molecular complexity index is 825. The van der Waals surface area contributed by atoms with E-state index in [4.69, 9.17) is 4.74 Å². The first-order valence-electron chi connectivity index (χ1n) is 7.90. The molecule has 5 heteroatoms. The van der Waals surface area contributed by atoms with E-state index in [1.807, 2.05) is 54.6 Å². The summed E-state index contributed by atoms with van der Waals surface area (Å²) in [7, 11) is 0. The van der Waals surface area contributed by atoms with E-state index in [0.29, 0.717) is 6.54 Å². The van der Waals surface area contributed by atoms with Gasteiger partial charge >= 0.3 is 0 Å². The summed E-state index contributed by atoms with van der Waals surface area (Å²) in [4.78, 5) is 0. The fourth-order valence-electron chi connectivity index (χ4n) is 2.35. The van der Waals surface area contributed by atoms with Crippen molar-refractivity contribution in [3.05, 3.63) is 95.6 Å². The summed E-state index contributed by atoms with van der Waals surface area (Å²) in [6.07, 6.45) is 0. The van der Waals surface area contributed by atoms with E-state index in [0.717, 1.165) is 35.0 Å². The lowest BCUT2D eigenvalue weighted by atomic mass is 10.1. The van der Waals surface area contributed by atoms with Gasteiger partial charge in [0.05, 0.1) is 0 Å². The van der Waals surface area contributed by atoms with Crippen LogP contribution in [0.5, 0.6) is 5.75 Å². The van der Waals surface area contributed by atoms with Gasteiger partial charge in [-0.3, -0.25) is 0 Å². The van der Waals surface area contributed by atoms with E-state index in [2.05, 4.69) is 10.9 Å². The number of hydrogen-bond acceptors (Lipinski definition) is 3. The van der Waals surface area contributed by atoms with Gasteiger partial charge in [-0.15, -0.1) is 0 Å². The predicted molar refractivity (Wildman–Crippen MR) is 94.0 cm³/mol. The van der Waals surface area contributed by atoms with Crippen molar-refractivity contribution < 1.29 is 13.5 Å². The Kier molecular flexibility index (Phi) is 5.59. The van der Waals surface area contributed by atoms with Gasteiger partial charge in [-0.25, -0.2) is 14.2 Å². The van der Waals surface area contributed by atoms with E-state index < -0.39 is 11.6 Å². The second-order valence-electron chi connectivity index (χ2n) is 5.53. The summed E-state index contributed by atoms with van der Waals surface area (Å²) in [6, 6.07) is 20.7. The van der Waals surface area contributed by atoms with E-state index in [9.17, 15) is 8.78 Å². The second kappa shape index (κ2) is 8.26. The average molecular weight is 340 g/mol. The van der Waals surface area contributed by atoms with E-state index in [-0.39, 0.29) is 12.4 Å². The monoisotopic (exact) mass is 340 g/mol. The molecule has 0 aliphatic carbocycles. The first kappa shape index (κ1) is 16.9. The van der Waals surface area contributed by atoms with Crippen molar-refractivity contribution in [2.24, 2.45) is 0 Å². The molecule has 0 atom stereocenters. The molecule has 0 aliphatic rings. The molecule has 3 aromatic rings. The number of hydrogen-bond donors (Lipinski definition) is 2. The van der Waals surface area contributed by atoms with Crippen LogP contribution >= 0.6 is 0 Å². The van der Waals surface area contributed by atoms with Crippen molar-refractivity contribution in [2.75, 3.05) is 5.43 Å². The van der Waals surface area contributed by atoms with Crippen LogP contribution in [0.4, 0.5) is 14.5 Å². The molecule has 0 radical (unpaired) electrons. The minimum Gasteiger partial charge on any atom is -0.486 e. The number of hydrazine groups is 1. The third-order valence-corrected chi connectivity index (χ3v) is 3.58. The molecule has 0 aromatic heterocycles. The van der Waals surface area contributed by atoms with Gasteiger partial charge in [0.1, 0.15) is 12.4 Å². The molecule has 0 saturated heterocycles. The van der Waals surface area contributed by atoms with E-state index >= 15 is 0 Å². The molecule has 0 spiro atoms. The molecule has 0 bridgehead atoms. The SMILES string of the molecule is Fc1ccc(F)c(OCc2cccc(CNNc3ccccc3)c2)c1. The van der Waals surface area contributed by atoms with Crippen molar-refractivity contribution in [1.82, 2.24) is 5.43 Å². The third kappa shape index (κ3) is 5.02. The largest absolute Gasteiger partial charge is 0.486 e. The maximum absolute atomic E-state index is 13.6. The molecule has 3 nitrogen and oxygen atoms in total. The van der Waals surface area contributed by atoms with E-state index in [1.54, 1.807) is 0 Å². The molecular formula is C20H18F2N2O. The minimum absolute atomic E-state index is 0.0886. The Labute approximate surface area is 145 Å². The summed E-state index contributed by atoms with van der Waals surface area (Å²) < 4.78 is 32.1. The highest BCUT2D eigenvalue weighted by Gasteiger charge is 2.05. The Balaban J connectivity index is 1.55. The number of anilines is 1. The number of para-hydroxylation sites is 1. The number of ether oxygens (including phenoxy) is 1. The summed E-state index contributed by atoms with van der Waals surface area (Å²) in [5.41, 5.74) is 9.15. The number of halogens is 2. The standard InChI is InChI=1S/C20H18F2N2O/c21-17-9-10-19(22)20(12-17)25-14-16-6-4-5-15(11-16)13-23-24-18-7-2-1-3-8-18/h1-12,23-24H,13-14H2. The van der Waals surface area contributed by atoms with Crippen molar-refractivity contribution in [1.29, 1.82) is 0 Å². The molecule has 3 rings (SSSR count). The van der Waals surface area contributed by atoms with Gasteiger partial charge in [-0.2, -0.15) is 0 Å². The lowest BCUT2D eigenvalue weighted by molar-refractivity contribution is 0.288. The summed E-state index contributed by atoms with van der Waals surface area (Å²) >= 11 is 0. The van der Waals surface area contributed by atoms with Crippen molar-refractivity contribution >= 4 is 5.69 Å².